The van der Waals surface area contributed by atoms with E-state index in [0.29, 0.717) is 27.2 Å². The number of rotatable bonds is 4. The standard InChI is InChI=1S/C16H14ClN3O2S/c1-9-14(10(2)22-20-9)15(21)19-16-18-8-13(23-16)7-11-4-3-5-12(17)6-11/h3-6,8H,7H2,1-2H3,(H,18,19,21). The van der Waals surface area contributed by atoms with E-state index in [9.17, 15) is 4.79 Å². The molecular weight excluding hydrogens is 334 g/mol. The zero-order valence-corrected chi connectivity index (χ0v) is 14.2. The van der Waals surface area contributed by atoms with Gasteiger partial charge in [-0.2, -0.15) is 0 Å². The quantitative estimate of drug-likeness (QED) is 0.766. The number of nitrogens with one attached hydrogen (secondary N) is 1. The Morgan fingerprint density at radius 3 is 2.91 bits per heavy atom. The molecule has 7 heteroatoms. The van der Waals surface area contributed by atoms with Crippen molar-refractivity contribution in [1.29, 1.82) is 0 Å². The molecule has 3 aromatic rings. The maximum Gasteiger partial charge on any atom is 0.262 e. The van der Waals surface area contributed by atoms with Gasteiger partial charge in [-0.15, -0.1) is 11.3 Å². The molecule has 0 radical (unpaired) electrons. The van der Waals surface area contributed by atoms with E-state index in [1.165, 1.54) is 11.3 Å². The third kappa shape index (κ3) is 3.60. The fourth-order valence-electron chi connectivity index (χ4n) is 2.26. The minimum atomic E-state index is -0.259. The third-order valence-corrected chi connectivity index (χ3v) is 4.45. The molecule has 23 heavy (non-hydrogen) atoms. The number of hydrogen-bond donors (Lipinski definition) is 1. The molecule has 1 aromatic carbocycles. The van der Waals surface area contributed by atoms with E-state index < -0.39 is 0 Å². The summed E-state index contributed by atoms with van der Waals surface area (Å²) in [5, 5.41) is 7.82. The smallest absolute Gasteiger partial charge is 0.262 e. The van der Waals surface area contributed by atoms with Crippen molar-refractivity contribution in [3.8, 4) is 0 Å². The van der Waals surface area contributed by atoms with Gasteiger partial charge in [-0.05, 0) is 31.5 Å². The van der Waals surface area contributed by atoms with Gasteiger partial charge in [0.15, 0.2) is 5.13 Å². The summed E-state index contributed by atoms with van der Waals surface area (Å²) >= 11 is 7.42. The number of thiazole rings is 1. The summed E-state index contributed by atoms with van der Waals surface area (Å²) in [7, 11) is 0. The first kappa shape index (κ1) is 15.7. The number of nitrogens with zero attached hydrogens (tertiary/aromatic N) is 2. The summed E-state index contributed by atoms with van der Waals surface area (Å²) < 4.78 is 5.01. The highest BCUT2D eigenvalue weighted by molar-refractivity contribution is 7.15. The summed E-state index contributed by atoms with van der Waals surface area (Å²) in [6.07, 6.45) is 2.48. The number of aromatic nitrogens is 2. The van der Waals surface area contributed by atoms with Gasteiger partial charge in [0.1, 0.15) is 11.3 Å². The molecule has 0 saturated heterocycles. The van der Waals surface area contributed by atoms with Crippen LogP contribution in [0, 0.1) is 13.8 Å². The predicted molar refractivity (Wildman–Crippen MR) is 90.3 cm³/mol. The molecule has 2 heterocycles. The molecule has 0 saturated carbocycles. The third-order valence-electron chi connectivity index (χ3n) is 3.30. The zero-order chi connectivity index (χ0) is 16.4. The van der Waals surface area contributed by atoms with Crippen molar-refractivity contribution in [2.24, 2.45) is 0 Å². The van der Waals surface area contributed by atoms with E-state index in [0.717, 1.165) is 16.9 Å². The van der Waals surface area contributed by atoms with Crippen LogP contribution in [0.5, 0.6) is 0 Å². The maximum atomic E-state index is 12.3. The Morgan fingerprint density at radius 1 is 1.39 bits per heavy atom. The summed E-state index contributed by atoms with van der Waals surface area (Å²) in [6.45, 7) is 3.44. The van der Waals surface area contributed by atoms with E-state index in [1.807, 2.05) is 24.3 Å². The van der Waals surface area contributed by atoms with Crippen LogP contribution >= 0.6 is 22.9 Å². The van der Waals surface area contributed by atoms with Crippen LogP contribution in [0.3, 0.4) is 0 Å². The Hall–Kier alpha value is -2.18. The van der Waals surface area contributed by atoms with Gasteiger partial charge < -0.3 is 4.52 Å². The Morgan fingerprint density at radius 2 is 2.22 bits per heavy atom. The highest BCUT2D eigenvalue weighted by atomic mass is 35.5. The molecule has 2 aromatic heterocycles. The second-order valence-electron chi connectivity index (χ2n) is 5.09. The van der Waals surface area contributed by atoms with Crippen molar-refractivity contribution < 1.29 is 9.32 Å². The average molecular weight is 348 g/mol. The predicted octanol–water partition coefficient (Wildman–Crippen LogP) is 4.24. The second kappa shape index (κ2) is 6.52. The number of carbonyl (C=O) groups excluding carboxylic acids is 1. The van der Waals surface area contributed by atoms with Crippen LogP contribution in [0.25, 0.3) is 0 Å². The van der Waals surface area contributed by atoms with Crippen molar-refractivity contribution >= 4 is 34.0 Å². The number of carbonyl (C=O) groups is 1. The minimum Gasteiger partial charge on any atom is -0.361 e. The first-order valence-electron chi connectivity index (χ1n) is 6.96. The van der Waals surface area contributed by atoms with Crippen LogP contribution in [0.2, 0.25) is 5.02 Å². The van der Waals surface area contributed by atoms with E-state index in [4.69, 9.17) is 16.1 Å². The molecule has 5 nitrogen and oxygen atoms in total. The Kier molecular flexibility index (Phi) is 4.45. The van der Waals surface area contributed by atoms with Gasteiger partial charge in [-0.1, -0.05) is 28.9 Å². The average Bonchev–Trinajstić information content (AvgIpc) is 3.06. The number of benzene rings is 1. The first-order chi connectivity index (χ1) is 11.0. The van der Waals surface area contributed by atoms with Gasteiger partial charge in [0, 0.05) is 22.5 Å². The fraction of sp³-hybridized carbons (Fsp3) is 0.188. The monoisotopic (exact) mass is 347 g/mol. The molecule has 0 aliphatic rings. The molecule has 118 valence electrons. The summed E-state index contributed by atoms with van der Waals surface area (Å²) in [5.41, 5.74) is 2.12. The summed E-state index contributed by atoms with van der Waals surface area (Å²) in [4.78, 5) is 17.6. The van der Waals surface area contributed by atoms with Gasteiger partial charge in [0.2, 0.25) is 0 Å². The maximum absolute atomic E-state index is 12.3. The van der Waals surface area contributed by atoms with Crippen molar-refractivity contribution in [2.45, 2.75) is 20.3 Å². The lowest BCUT2D eigenvalue weighted by atomic mass is 10.1. The fourth-order valence-corrected chi connectivity index (χ4v) is 3.32. The van der Waals surface area contributed by atoms with E-state index in [1.54, 1.807) is 20.0 Å². The number of aryl methyl sites for hydroxylation is 2. The topological polar surface area (TPSA) is 68.0 Å². The highest BCUT2D eigenvalue weighted by Gasteiger charge is 2.18. The van der Waals surface area contributed by atoms with Crippen LogP contribution in [-0.2, 0) is 6.42 Å². The van der Waals surface area contributed by atoms with Crippen LogP contribution in [0.1, 0.15) is 32.3 Å². The Bertz CT molecular complexity index is 837. The minimum absolute atomic E-state index is 0.259. The molecule has 0 spiro atoms. The largest absolute Gasteiger partial charge is 0.361 e. The van der Waals surface area contributed by atoms with Crippen molar-refractivity contribution in [3.63, 3.8) is 0 Å². The SMILES string of the molecule is Cc1noc(C)c1C(=O)Nc1ncc(Cc2cccc(Cl)c2)s1. The van der Waals surface area contributed by atoms with Crippen LogP contribution in [0.4, 0.5) is 5.13 Å². The molecule has 0 bridgehead atoms. The number of anilines is 1. The van der Waals surface area contributed by atoms with Crippen molar-refractivity contribution in [3.05, 3.63) is 62.9 Å². The molecule has 0 aliphatic heterocycles. The Balaban J connectivity index is 1.71. The van der Waals surface area contributed by atoms with Crippen molar-refractivity contribution in [1.82, 2.24) is 10.1 Å². The number of hydrogen-bond acceptors (Lipinski definition) is 5. The summed E-state index contributed by atoms with van der Waals surface area (Å²) in [5.74, 6) is 0.237. The first-order valence-corrected chi connectivity index (χ1v) is 8.16. The lowest BCUT2D eigenvalue weighted by Crippen LogP contribution is -2.13. The number of halogens is 1. The van der Waals surface area contributed by atoms with Gasteiger partial charge in [0.05, 0.1) is 5.69 Å². The molecule has 0 fully saturated rings. The molecule has 0 aliphatic carbocycles. The van der Waals surface area contributed by atoms with E-state index >= 15 is 0 Å². The van der Waals surface area contributed by atoms with E-state index in [-0.39, 0.29) is 5.91 Å². The molecule has 3 rings (SSSR count). The van der Waals surface area contributed by atoms with Gasteiger partial charge in [-0.25, -0.2) is 4.98 Å². The number of amides is 1. The highest BCUT2D eigenvalue weighted by Crippen LogP contribution is 2.23. The molecule has 0 atom stereocenters. The van der Waals surface area contributed by atoms with Crippen LogP contribution in [-0.4, -0.2) is 16.0 Å². The Labute approximate surface area is 142 Å². The van der Waals surface area contributed by atoms with Crippen LogP contribution < -0.4 is 5.32 Å². The van der Waals surface area contributed by atoms with Crippen molar-refractivity contribution in [2.75, 3.05) is 5.32 Å². The molecule has 1 N–H and O–H groups in total. The lowest BCUT2D eigenvalue weighted by molar-refractivity contribution is 0.102. The normalized spacial score (nSPS) is 10.7. The second-order valence-corrected chi connectivity index (χ2v) is 6.64. The summed E-state index contributed by atoms with van der Waals surface area (Å²) in [6, 6.07) is 7.68. The van der Waals surface area contributed by atoms with Gasteiger partial charge in [0.25, 0.3) is 5.91 Å². The molecule has 0 unspecified atom stereocenters. The molecule has 1 amide bonds. The van der Waals surface area contributed by atoms with Gasteiger partial charge >= 0.3 is 0 Å². The van der Waals surface area contributed by atoms with Crippen LogP contribution in [0.15, 0.2) is 35.0 Å². The van der Waals surface area contributed by atoms with Gasteiger partial charge in [-0.3, -0.25) is 10.1 Å². The molecular formula is C16H14ClN3O2S. The zero-order valence-electron chi connectivity index (χ0n) is 12.6. The van der Waals surface area contributed by atoms with E-state index in [2.05, 4.69) is 15.5 Å². The lowest BCUT2D eigenvalue weighted by Gasteiger charge is -2.00.